The minimum Gasteiger partial charge on any atom is -0.493 e. The summed E-state index contributed by atoms with van der Waals surface area (Å²) in [5, 5.41) is 4.93. The van der Waals surface area contributed by atoms with Gasteiger partial charge in [-0.3, -0.25) is 0 Å². The first-order valence-electron chi connectivity index (χ1n) is 12.5. The lowest BCUT2D eigenvalue weighted by Gasteiger charge is -2.34. The molecule has 7 heteroatoms. The summed E-state index contributed by atoms with van der Waals surface area (Å²) in [5.74, 6) is 0.393. The van der Waals surface area contributed by atoms with Crippen LogP contribution in [-0.4, -0.2) is 48.2 Å². The van der Waals surface area contributed by atoms with Crippen molar-refractivity contribution in [2.75, 3.05) is 31.7 Å². The van der Waals surface area contributed by atoms with Crippen molar-refractivity contribution in [3.8, 4) is 22.7 Å². The molecule has 1 aliphatic heterocycles. The maximum absolute atomic E-state index is 12.1. The number of aromatic nitrogens is 2. The average molecular weight is 492 g/mol. The number of rotatable bonds is 9. The van der Waals surface area contributed by atoms with E-state index in [2.05, 4.69) is 56.0 Å². The number of esters is 1. The van der Waals surface area contributed by atoms with Gasteiger partial charge in [0.2, 0.25) is 0 Å². The van der Waals surface area contributed by atoms with Crippen LogP contribution in [0.3, 0.4) is 0 Å². The Balaban J connectivity index is 1.72. The van der Waals surface area contributed by atoms with E-state index in [-0.39, 0.29) is 12.0 Å². The predicted molar refractivity (Wildman–Crippen MR) is 142 cm³/mol. The van der Waals surface area contributed by atoms with Crippen molar-refractivity contribution >= 4 is 11.7 Å². The molecule has 192 valence electrons. The average Bonchev–Trinajstić information content (AvgIpc) is 3.24. The van der Waals surface area contributed by atoms with Gasteiger partial charge in [0, 0.05) is 18.7 Å². The van der Waals surface area contributed by atoms with Crippen molar-refractivity contribution in [1.29, 1.82) is 0 Å². The lowest BCUT2D eigenvalue weighted by Crippen LogP contribution is -2.37. The van der Waals surface area contributed by atoms with Crippen LogP contribution < -0.4 is 9.64 Å². The quantitative estimate of drug-likeness (QED) is 0.361. The lowest BCUT2D eigenvalue weighted by molar-refractivity contribution is -0.166. The van der Waals surface area contributed by atoms with Crippen molar-refractivity contribution in [1.82, 2.24) is 9.78 Å². The fraction of sp³-hybridized carbons (Fsp3) is 0.448. The molecule has 4 rings (SSSR count). The molecule has 0 aliphatic carbocycles. The highest BCUT2D eigenvalue weighted by Crippen LogP contribution is 2.33. The third-order valence-electron chi connectivity index (χ3n) is 6.13. The first-order chi connectivity index (χ1) is 17.1. The van der Waals surface area contributed by atoms with E-state index < -0.39 is 11.6 Å². The molecule has 0 spiro atoms. The molecule has 0 saturated carbocycles. The number of hydrogen-bond donors (Lipinski definition) is 0. The van der Waals surface area contributed by atoms with E-state index in [1.165, 1.54) is 13.5 Å². The van der Waals surface area contributed by atoms with Gasteiger partial charge in [-0.1, -0.05) is 45.0 Å². The number of para-hydroxylation sites is 2. The summed E-state index contributed by atoms with van der Waals surface area (Å²) >= 11 is 0. The van der Waals surface area contributed by atoms with E-state index in [0.717, 1.165) is 47.2 Å². The second-order valence-corrected chi connectivity index (χ2v) is 10.9. The zero-order chi connectivity index (χ0) is 25.9. The topological polar surface area (TPSA) is 65.8 Å². The molecule has 0 atom stereocenters. The smallest absolute Gasteiger partial charge is 0.337 e. The molecular formula is C29H37N3O4. The summed E-state index contributed by atoms with van der Waals surface area (Å²) in [5.41, 5.74) is 3.79. The van der Waals surface area contributed by atoms with Crippen molar-refractivity contribution in [2.24, 2.45) is 5.41 Å². The summed E-state index contributed by atoms with van der Waals surface area (Å²) < 4.78 is 18.9. The van der Waals surface area contributed by atoms with E-state index >= 15 is 0 Å². The van der Waals surface area contributed by atoms with Crippen LogP contribution >= 0.6 is 0 Å². The number of hydrogen-bond acceptors (Lipinski definition) is 6. The molecular weight excluding hydrogens is 454 g/mol. The number of ether oxygens (including phenoxy) is 3. The molecule has 2 heterocycles. The van der Waals surface area contributed by atoms with E-state index in [9.17, 15) is 4.79 Å². The third-order valence-corrected chi connectivity index (χ3v) is 6.13. The maximum atomic E-state index is 12.1. The van der Waals surface area contributed by atoms with Crippen molar-refractivity contribution in [3.05, 3.63) is 60.3 Å². The Kier molecular flexibility index (Phi) is 7.41. The fourth-order valence-corrected chi connectivity index (χ4v) is 3.96. The second kappa shape index (κ2) is 10.3. The third kappa shape index (κ3) is 5.90. The number of benzene rings is 2. The van der Waals surface area contributed by atoms with Gasteiger partial charge in [0.25, 0.3) is 0 Å². The second-order valence-electron chi connectivity index (χ2n) is 10.9. The fourth-order valence-electron chi connectivity index (χ4n) is 3.96. The molecule has 1 saturated heterocycles. The number of carbonyl (C=O) groups excluding carboxylic acids is 1. The Morgan fingerprint density at radius 1 is 0.972 bits per heavy atom. The molecule has 36 heavy (non-hydrogen) atoms. The molecule has 1 aromatic heterocycles. The van der Waals surface area contributed by atoms with Crippen LogP contribution in [0, 0.1) is 5.41 Å². The first-order valence-corrected chi connectivity index (χ1v) is 12.5. The minimum atomic E-state index is -1.07. The minimum absolute atomic E-state index is 0.0604. The van der Waals surface area contributed by atoms with Crippen LogP contribution in [0.1, 0.15) is 46.7 Å². The molecule has 7 nitrogen and oxygen atoms in total. The van der Waals surface area contributed by atoms with Gasteiger partial charge in [-0.2, -0.15) is 5.10 Å². The molecule has 0 radical (unpaired) electrons. The van der Waals surface area contributed by atoms with Crippen molar-refractivity contribution < 1.29 is 19.0 Å². The molecule has 2 aromatic carbocycles. The van der Waals surface area contributed by atoms with Crippen LogP contribution in [0.4, 0.5) is 5.69 Å². The first kappa shape index (κ1) is 25.8. The summed E-state index contributed by atoms with van der Waals surface area (Å²) in [6, 6.07) is 18.4. The van der Waals surface area contributed by atoms with Crippen LogP contribution in [0.5, 0.6) is 5.75 Å². The van der Waals surface area contributed by atoms with Gasteiger partial charge in [0.15, 0.2) is 5.60 Å². The normalized spacial score (nSPS) is 13.9. The Morgan fingerprint density at radius 2 is 1.69 bits per heavy atom. The Labute approximate surface area is 214 Å². The highest BCUT2D eigenvalue weighted by atomic mass is 16.6. The summed E-state index contributed by atoms with van der Waals surface area (Å²) in [4.78, 5) is 14.5. The van der Waals surface area contributed by atoms with E-state index in [4.69, 9.17) is 19.3 Å². The van der Waals surface area contributed by atoms with Gasteiger partial charge in [0.1, 0.15) is 5.75 Å². The Bertz CT molecular complexity index is 1210. The van der Waals surface area contributed by atoms with Crippen LogP contribution in [0.25, 0.3) is 16.9 Å². The van der Waals surface area contributed by atoms with Crippen LogP contribution in [-0.2, 0) is 20.9 Å². The van der Waals surface area contributed by atoms with Crippen molar-refractivity contribution in [2.45, 2.75) is 53.2 Å². The molecule has 3 aromatic rings. The monoisotopic (exact) mass is 491 g/mol. The van der Waals surface area contributed by atoms with Gasteiger partial charge in [-0.15, -0.1) is 0 Å². The molecule has 0 N–H and O–H groups in total. The Hall–Kier alpha value is -3.32. The van der Waals surface area contributed by atoms with Gasteiger partial charge in [-0.25, -0.2) is 9.48 Å². The zero-order valence-corrected chi connectivity index (χ0v) is 22.2. The number of anilines is 1. The number of methoxy groups -OCH3 is 1. The summed E-state index contributed by atoms with van der Waals surface area (Å²) in [7, 11) is 1.36. The van der Waals surface area contributed by atoms with E-state index in [1.807, 2.05) is 28.9 Å². The van der Waals surface area contributed by atoms with Crippen LogP contribution in [0.15, 0.2) is 54.6 Å². The summed E-state index contributed by atoms with van der Waals surface area (Å²) in [6.45, 7) is 12.7. The summed E-state index contributed by atoms with van der Waals surface area (Å²) in [6.07, 6.45) is 1.19. The lowest BCUT2D eigenvalue weighted by atomic mass is 9.99. The maximum Gasteiger partial charge on any atom is 0.337 e. The van der Waals surface area contributed by atoms with Crippen LogP contribution in [0.2, 0.25) is 0 Å². The van der Waals surface area contributed by atoms with Crippen molar-refractivity contribution in [3.63, 3.8) is 0 Å². The molecule has 1 fully saturated rings. The number of carbonyl (C=O) groups is 1. The van der Waals surface area contributed by atoms with E-state index in [0.29, 0.717) is 6.61 Å². The van der Waals surface area contributed by atoms with Gasteiger partial charge in [0.05, 0.1) is 43.1 Å². The Morgan fingerprint density at radius 3 is 2.33 bits per heavy atom. The standard InChI is InChI=1S/C29H37N3O4/c1-28(2,3)20-35-23-12-9-11-21(17-23)26-18-22(19-36-29(4,5)27(33)34-6)30-32(26)25-14-8-7-13-24(25)31-15-10-16-31/h7-9,11-14,17-18H,10,15-16,19-20H2,1-6H3. The van der Waals surface area contributed by atoms with Gasteiger partial charge in [-0.05, 0) is 56.0 Å². The highest BCUT2D eigenvalue weighted by molar-refractivity contribution is 5.78. The molecule has 0 unspecified atom stereocenters. The molecule has 1 aliphatic rings. The van der Waals surface area contributed by atoms with E-state index in [1.54, 1.807) is 13.8 Å². The molecule has 0 amide bonds. The predicted octanol–water partition coefficient (Wildman–Crippen LogP) is 5.64. The SMILES string of the molecule is COC(=O)C(C)(C)OCc1cc(-c2cccc(OCC(C)(C)C)c2)n(-c2ccccc2N2CCC2)n1. The molecule has 0 bridgehead atoms. The number of nitrogens with zero attached hydrogens (tertiary/aromatic N) is 3. The van der Waals surface area contributed by atoms with Gasteiger partial charge >= 0.3 is 5.97 Å². The largest absolute Gasteiger partial charge is 0.493 e. The highest BCUT2D eigenvalue weighted by Gasteiger charge is 2.30. The van der Waals surface area contributed by atoms with Gasteiger partial charge < -0.3 is 19.1 Å². The zero-order valence-electron chi connectivity index (χ0n) is 22.2.